The van der Waals surface area contributed by atoms with Crippen molar-refractivity contribution < 1.29 is 9.53 Å². The molecule has 1 aliphatic heterocycles. The first-order chi connectivity index (χ1) is 11.3. The Bertz CT molecular complexity index is 559. The lowest BCUT2D eigenvalue weighted by Crippen LogP contribution is -2.47. The lowest BCUT2D eigenvalue weighted by Gasteiger charge is -2.30. The average molecular weight is 318 g/mol. The number of rotatable bonds is 2. The normalized spacial score (nSPS) is 25.4. The predicted octanol–water partition coefficient (Wildman–Crippen LogP) is 2.42. The highest BCUT2D eigenvalue weighted by Gasteiger charge is 2.29. The second kappa shape index (κ2) is 6.51. The smallest absolute Gasteiger partial charge is 0.318 e. The molecule has 2 aliphatic carbocycles. The number of hydrogen-bond donors (Lipinski definition) is 1. The van der Waals surface area contributed by atoms with E-state index in [2.05, 4.69) is 16.2 Å². The van der Waals surface area contributed by atoms with Crippen LogP contribution in [-0.4, -0.2) is 47.0 Å². The summed E-state index contributed by atoms with van der Waals surface area (Å²) in [6, 6.07) is 0.662. The second-order valence-electron chi connectivity index (χ2n) is 6.95. The quantitative estimate of drug-likeness (QED) is 0.911. The third-order valence-electron chi connectivity index (χ3n) is 5.40. The van der Waals surface area contributed by atoms with Crippen LogP contribution in [0.2, 0.25) is 0 Å². The Morgan fingerprint density at radius 1 is 1.17 bits per heavy atom. The van der Waals surface area contributed by atoms with Crippen molar-refractivity contribution in [1.29, 1.82) is 0 Å². The summed E-state index contributed by atoms with van der Waals surface area (Å²) in [5, 5.41) is 8.08. The summed E-state index contributed by atoms with van der Waals surface area (Å²) in [6.07, 6.45) is 10.5. The minimum absolute atomic E-state index is 0.0292. The molecule has 23 heavy (non-hydrogen) atoms. The molecule has 0 radical (unpaired) electrons. The van der Waals surface area contributed by atoms with Crippen LogP contribution in [0.25, 0.3) is 0 Å². The maximum absolute atomic E-state index is 12.5. The van der Waals surface area contributed by atoms with E-state index in [1.54, 1.807) is 0 Å². The van der Waals surface area contributed by atoms with Gasteiger partial charge in [0, 0.05) is 19.3 Å². The largest absolute Gasteiger partial charge is 0.378 e. The highest BCUT2D eigenvalue weighted by molar-refractivity contribution is 5.74. The van der Waals surface area contributed by atoms with Gasteiger partial charge in [0.1, 0.15) is 0 Å². The van der Waals surface area contributed by atoms with Crippen molar-refractivity contribution in [3.8, 4) is 0 Å². The fourth-order valence-electron chi connectivity index (χ4n) is 4.07. The molecule has 1 atom stereocenters. The standard InChI is InChI=1S/C17H26N4O2/c22-17(20-8-10-23-11-9-20)18-15-7-3-4-13-12-21(19-16(13)15)14-5-1-2-6-14/h12,14-15H,1-11H2,(H,18,22)/t15-/m0/s1. The Morgan fingerprint density at radius 2 is 1.96 bits per heavy atom. The fraction of sp³-hybridized carbons (Fsp3) is 0.765. The minimum atomic E-state index is 0.0292. The van der Waals surface area contributed by atoms with Crippen LogP contribution in [0, 0.1) is 0 Å². The van der Waals surface area contributed by atoms with Gasteiger partial charge in [0.05, 0.1) is 31.0 Å². The van der Waals surface area contributed by atoms with Crippen molar-refractivity contribution in [3.63, 3.8) is 0 Å². The summed E-state index contributed by atoms with van der Waals surface area (Å²) < 4.78 is 7.50. The van der Waals surface area contributed by atoms with E-state index in [1.165, 1.54) is 31.2 Å². The van der Waals surface area contributed by atoms with Gasteiger partial charge >= 0.3 is 6.03 Å². The van der Waals surface area contributed by atoms with Crippen LogP contribution in [0.4, 0.5) is 4.79 Å². The zero-order valence-corrected chi connectivity index (χ0v) is 13.7. The molecule has 6 heteroatoms. The summed E-state index contributed by atoms with van der Waals surface area (Å²) in [5.41, 5.74) is 2.43. The number of aromatic nitrogens is 2. The Labute approximate surface area is 137 Å². The molecular formula is C17H26N4O2. The Morgan fingerprint density at radius 3 is 2.74 bits per heavy atom. The highest BCUT2D eigenvalue weighted by Crippen LogP contribution is 2.33. The van der Waals surface area contributed by atoms with Gasteiger partial charge in [-0.3, -0.25) is 4.68 Å². The van der Waals surface area contributed by atoms with Gasteiger partial charge in [0.2, 0.25) is 0 Å². The van der Waals surface area contributed by atoms with E-state index in [4.69, 9.17) is 9.84 Å². The first-order valence-corrected chi connectivity index (χ1v) is 9.02. The lowest BCUT2D eigenvalue weighted by molar-refractivity contribution is 0.0523. The number of morpholine rings is 1. The van der Waals surface area contributed by atoms with Gasteiger partial charge in [-0.1, -0.05) is 12.8 Å². The van der Waals surface area contributed by atoms with E-state index in [1.807, 2.05) is 4.90 Å². The number of carbonyl (C=O) groups excluding carboxylic acids is 1. The number of carbonyl (C=O) groups is 1. The van der Waals surface area contributed by atoms with Crippen LogP contribution in [-0.2, 0) is 11.2 Å². The molecule has 2 fully saturated rings. The summed E-state index contributed by atoms with van der Waals surface area (Å²) in [6.45, 7) is 2.64. The van der Waals surface area contributed by atoms with E-state index < -0.39 is 0 Å². The Balaban J connectivity index is 1.47. The number of hydrogen-bond acceptors (Lipinski definition) is 3. The zero-order valence-electron chi connectivity index (χ0n) is 13.7. The van der Waals surface area contributed by atoms with Crippen LogP contribution in [0.15, 0.2) is 6.20 Å². The summed E-state index contributed by atoms with van der Waals surface area (Å²) in [7, 11) is 0. The molecule has 2 amide bonds. The lowest BCUT2D eigenvalue weighted by atomic mass is 9.94. The number of nitrogens with zero attached hydrogens (tertiary/aromatic N) is 3. The van der Waals surface area contributed by atoms with Crippen LogP contribution in [0.5, 0.6) is 0 Å². The molecule has 1 aromatic rings. The second-order valence-corrected chi connectivity index (χ2v) is 6.95. The molecule has 0 spiro atoms. The molecule has 0 aromatic carbocycles. The van der Waals surface area contributed by atoms with Gasteiger partial charge in [-0.2, -0.15) is 5.10 Å². The molecule has 1 aromatic heterocycles. The van der Waals surface area contributed by atoms with Gasteiger partial charge in [0.15, 0.2) is 0 Å². The third kappa shape index (κ3) is 3.09. The van der Waals surface area contributed by atoms with Crippen molar-refractivity contribution in [2.45, 2.75) is 57.0 Å². The maximum atomic E-state index is 12.5. The molecule has 126 valence electrons. The topological polar surface area (TPSA) is 59.4 Å². The van der Waals surface area contributed by atoms with Gasteiger partial charge in [-0.05, 0) is 37.7 Å². The number of amides is 2. The summed E-state index contributed by atoms with van der Waals surface area (Å²) in [4.78, 5) is 14.3. The molecule has 6 nitrogen and oxygen atoms in total. The monoisotopic (exact) mass is 318 g/mol. The molecule has 3 aliphatic rings. The van der Waals surface area contributed by atoms with E-state index >= 15 is 0 Å². The molecule has 0 bridgehead atoms. The SMILES string of the molecule is O=C(N[C@H]1CCCc2cn(C3CCCC3)nc21)N1CCOCC1. The van der Waals surface area contributed by atoms with E-state index in [-0.39, 0.29) is 12.1 Å². The van der Waals surface area contributed by atoms with Gasteiger partial charge in [-0.15, -0.1) is 0 Å². The van der Waals surface area contributed by atoms with Gasteiger partial charge < -0.3 is 15.0 Å². The summed E-state index contributed by atoms with van der Waals surface area (Å²) >= 11 is 0. The zero-order chi connectivity index (χ0) is 15.6. The molecule has 1 saturated heterocycles. The Kier molecular flexibility index (Phi) is 4.25. The molecule has 1 saturated carbocycles. The van der Waals surface area contributed by atoms with Crippen molar-refractivity contribution >= 4 is 6.03 Å². The van der Waals surface area contributed by atoms with E-state index in [0.29, 0.717) is 32.3 Å². The van der Waals surface area contributed by atoms with Crippen molar-refractivity contribution in [3.05, 3.63) is 17.5 Å². The first-order valence-electron chi connectivity index (χ1n) is 9.02. The average Bonchev–Trinajstić information content (AvgIpc) is 3.25. The predicted molar refractivity (Wildman–Crippen MR) is 86.3 cm³/mol. The van der Waals surface area contributed by atoms with E-state index in [9.17, 15) is 4.79 Å². The molecule has 4 rings (SSSR count). The molecule has 0 unspecified atom stereocenters. The molecule has 2 heterocycles. The first kappa shape index (κ1) is 15.0. The number of aryl methyl sites for hydroxylation is 1. The summed E-state index contributed by atoms with van der Waals surface area (Å²) in [5.74, 6) is 0. The van der Waals surface area contributed by atoms with E-state index in [0.717, 1.165) is 25.0 Å². The van der Waals surface area contributed by atoms with Crippen molar-refractivity contribution in [1.82, 2.24) is 20.0 Å². The van der Waals surface area contributed by atoms with Crippen LogP contribution < -0.4 is 5.32 Å². The van der Waals surface area contributed by atoms with Gasteiger partial charge in [-0.25, -0.2) is 4.79 Å². The van der Waals surface area contributed by atoms with Crippen molar-refractivity contribution in [2.24, 2.45) is 0 Å². The number of fused-ring (bicyclic) bond motifs is 1. The Hall–Kier alpha value is -1.56. The minimum Gasteiger partial charge on any atom is -0.378 e. The van der Waals surface area contributed by atoms with Crippen LogP contribution in [0.3, 0.4) is 0 Å². The van der Waals surface area contributed by atoms with Crippen molar-refractivity contribution in [2.75, 3.05) is 26.3 Å². The van der Waals surface area contributed by atoms with Gasteiger partial charge in [0.25, 0.3) is 0 Å². The van der Waals surface area contributed by atoms with Crippen LogP contribution >= 0.6 is 0 Å². The fourth-order valence-corrected chi connectivity index (χ4v) is 4.07. The third-order valence-corrected chi connectivity index (χ3v) is 5.40. The number of ether oxygens (including phenoxy) is 1. The maximum Gasteiger partial charge on any atom is 0.318 e. The highest BCUT2D eigenvalue weighted by atomic mass is 16.5. The molecular weight excluding hydrogens is 292 g/mol. The van der Waals surface area contributed by atoms with Crippen LogP contribution in [0.1, 0.15) is 61.9 Å². The number of urea groups is 1. The number of nitrogens with one attached hydrogen (secondary N) is 1. The molecule has 1 N–H and O–H groups in total.